The average molecular weight is 185 g/mol. The van der Waals surface area contributed by atoms with Crippen LogP contribution < -0.4 is 0 Å². The first-order valence-corrected chi connectivity index (χ1v) is 5.14. The van der Waals surface area contributed by atoms with E-state index in [1.807, 2.05) is 0 Å². The Bertz CT molecular complexity index is 144. The number of aldehydes is 1. The zero-order chi connectivity index (χ0) is 9.52. The Balaban J connectivity index is 2.17. The fourth-order valence-electron chi connectivity index (χ4n) is 1.69. The minimum Gasteiger partial charge on any atom is -0.377 e. The maximum Gasteiger partial charge on any atom is 0.121 e. The summed E-state index contributed by atoms with van der Waals surface area (Å²) in [5.74, 6) is 0. The van der Waals surface area contributed by atoms with Crippen LogP contribution in [0.4, 0.5) is 0 Å². The highest BCUT2D eigenvalue weighted by Gasteiger charge is 2.17. The molecule has 0 aromatic rings. The maximum absolute atomic E-state index is 10.2. The topological polar surface area (TPSA) is 29.5 Å². The zero-order valence-electron chi connectivity index (χ0n) is 8.37. The van der Waals surface area contributed by atoms with Gasteiger partial charge in [-0.05, 0) is 19.4 Å². The molecule has 0 N–H and O–H groups in total. The van der Waals surface area contributed by atoms with Gasteiger partial charge < -0.3 is 14.4 Å². The van der Waals surface area contributed by atoms with Gasteiger partial charge in [-0.1, -0.05) is 6.92 Å². The molecule has 1 aliphatic heterocycles. The van der Waals surface area contributed by atoms with Crippen LogP contribution in [-0.4, -0.2) is 43.5 Å². The van der Waals surface area contributed by atoms with E-state index >= 15 is 0 Å². The molecule has 0 aromatic carbocycles. The average Bonchev–Trinajstić information content (AvgIpc) is 2.64. The molecule has 1 unspecified atom stereocenters. The third kappa shape index (κ3) is 3.87. The smallest absolute Gasteiger partial charge is 0.121 e. The highest BCUT2D eigenvalue weighted by molar-refractivity contribution is 5.49. The fraction of sp³-hybridized carbons (Fsp3) is 0.900. The van der Waals surface area contributed by atoms with Gasteiger partial charge in [0.2, 0.25) is 0 Å². The van der Waals surface area contributed by atoms with E-state index in [0.717, 1.165) is 32.5 Å². The third-order valence-electron chi connectivity index (χ3n) is 2.50. The molecule has 1 heterocycles. The monoisotopic (exact) mass is 185 g/mol. The summed E-state index contributed by atoms with van der Waals surface area (Å²) >= 11 is 0. The number of rotatable bonds is 6. The third-order valence-corrected chi connectivity index (χ3v) is 2.50. The lowest BCUT2D eigenvalue weighted by atomic mass is 10.2. The number of nitrogens with zero attached hydrogens (tertiary/aromatic N) is 1. The lowest BCUT2D eigenvalue weighted by Crippen LogP contribution is -2.33. The zero-order valence-corrected chi connectivity index (χ0v) is 8.37. The Hall–Kier alpha value is -0.410. The second kappa shape index (κ2) is 6.11. The fourth-order valence-corrected chi connectivity index (χ4v) is 1.69. The summed E-state index contributed by atoms with van der Waals surface area (Å²) in [6.45, 7) is 5.91. The molecule has 1 atom stereocenters. The molecule has 1 saturated heterocycles. The van der Waals surface area contributed by atoms with Gasteiger partial charge in [0.1, 0.15) is 6.29 Å². The van der Waals surface area contributed by atoms with E-state index in [2.05, 4.69) is 11.8 Å². The summed E-state index contributed by atoms with van der Waals surface area (Å²) in [5.41, 5.74) is 0. The Kier molecular flexibility index (Phi) is 5.01. The first-order chi connectivity index (χ1) is 6.36. The van der Waals surface area contributed by atoms with Crippen molar-refractivity contribution in [1.82, 2.24) is 4.90 Å². The molecular weight excluding hydrogens is 166 g/mol. The summed E-state index contributed by atoms with van der Waals surface area (Å²) in [6, 6.07) is 0. The van der Waals surface area contributed by atoms with Crippen LogP contribution >= 0.6 is 0 Å². The minimum absolute atomic E-state index is 0.409. The maximum atomic E-state index is 10.2. The van der Waals surface area contributed by atoms with Crippen molar-refractivity contribution in [3.05, 3.63) is 0 Å². The van der Waals surface area contributed by atoms with Crippen LogP contribution in [0.15, 0.2) is 0 Å². The molecule has 13 heavy (non-hydrogen) atoms. The van der Waals surface area contributed by atoms with E-state index < -0.39 is 0 Å². The highest BCUT2D eigenvalue weighted by atomic mass is 16.5. The van der Waals surface area contributed by atoms with Gasteiger partial charge in [0.15, 0.2) is 0 Å². The molecule has 0 bridgehead atoms. The van der Waals surface area contributed by atoms with Crippen molar-refractivity contribution in [2.24, 2.45) is 0 Å². The molecule has 0 spiro atoms. The number of hydrogen-bond acceptors (Lipinski definition) is 3. The van der Waals surface area contributed by atoms with Crippen molar-refractivity contribution < 1.29 is 9.53 Å². The molecule has 3 heteroatoms. The predicted octanol–water partition coefficient (Wildman–Crippen LogP) is 1.08. The van der Waals surface area contributed by atoms with Crippen LogP contribution in [0.1, 0.15) is 26.2 Å². The Morgan fingerprint density at radius 2 is 2.46 bits per heavy atom. The van der Waals surface area contributed by atoms with Crippen molar-refractivity contribution in [2.75, 3.05) is 26.2 Å². The van der Waals surface area contributed by atoms with Crippen molar-refractivity contribution in [1.29, 1.82) is 0 Å². The van der Waals surface area contributed by atoms with Crippen LogP contribution in [-0.2, 0) is 9.53 Å². The van der Waals surface area contributed by atoms with Gasteiger partial charge in [-0.25, -0.2) is 0 Å². The van der Waals surface area contributed by atoms with Crippen LogP contribution in [0.25, 0.3) is 0 Å². The lowest BCUT2D eigenvalue weighted by molar-refractivity contribution is -0.108. The molecule has 0 radical (unpaired) electrons. The van der Waals surface area contributed by atoms with Crippen molar-refractivity contribution in [2.45, 2.75) is 32.3 Å². The number of likely N-dealkylation sites (N-methyl/N-ethyl adjacent to an activating group) is 1. The Labute approximate surface area is 80.1 Å². The number of carbonyl (C=O) groups is 1. The summed E-state index contributed by atoms with van der Waals surface area (Å²) in [4.78, 5) is 12.5. The van der Waals surface area contributed by atoms with Gasteiger partial charge in [-0.2, -0.15) is 0 Å². The summed E-state index contributed by atoms with van der Waals surface area (Å²) in [6.07, 6.45) is 4.40. The molecule has 1 fully saturated rings. The molecular formula is C10H19NO2. The van der Waals surface area contributed by atoms with Crippen molar-refractivity contribution >= 4 is 6.29 Å². The van der Waals surface area contributed by atoms with E-state index in [1.54, 1.807) is 0 Å². The Morgan fingerprint density at radius 1 is 1.62 bits per heavy atom. The van der Waals surface area contributed by atoms with Gasteiger partial charge in [-0.15, -0.1) is 0 Å². The Morgan fingerprint density at radius 3 is 3.00 bits per heavy atom. The van der Waals surface area contributed by atoms with E-state index in [-0.39, 0.29) is 0 Å². The quantitative estimate of drug-likeness (QED) is 0.580. The van der Waals surface area contributed by atoms with E-state index in [1.165, 1.54) is 12.8 Å². The molecule has 76 valence electrons. The van der Waals surface area contributed by atoms with Crippen LogP contribution in [0.3, 0.4) is 0 Å². The van der Waals surface area contributed by atoms with E-state index in [9.17, 15) is 4.79 Å². The number of ether oxygens (including phenoxy) is 1. The van der Waals surface area contributed by atoms with Gasteiger partial charge in [0.05, 0.1) is 6.10 Å². The second-order valence-corrected chi connectivity index (χ2v) is 3.48. The van der Waals surface area contributed by atoms with Crippen LogP contribution in [0.5, 0.6) is 0 Å². The van der Waals surface area contributed by atoms with Gasteiger partial charge >= 0.3 is 0 Å². The normalized spacial score (nSPS) is 22.5. The van der Waals surface area contributed by atoms with Crippen molar-refractivity contribution in [3.63, 3.8) is 0 Å². The van der Waals surface area contributed by atoms with Gasteiger partial charge in [0.25, 0.3) is 0 Å². The molecule has 0 amide bonds. The predicted molar refractivity (Wildman–Crippen MR) is 51.8 cm³/mol. The van der Waals surface area contributed by atoms with E-state index in [4.69, 9.17) is 4.74 Å². The first-order valence-electron chi connectivity index (χ1n) is 5.14. The molecule has 1 rings (SSSR count). The standard InChI is InChI=1S/C10H19NO2/c1-2-11(6-4-7-12)9-10-5-3-8-13-10/h7,10H,2-6,8-9H2,1H3. The molecule has 0 aliphatic carbocycles. The van der Waals surface area contributed by atoms with Gasteiger partial charge in [-0.3, -0.25) is 0 Å². The second-order valence-electron chi connectivity index (χ2n) is 3.48. The number of carbonyl (C=O) groups excluding carboxylic acids is 1. The highest BCUT2D eigenvalue weighted by Crippen LogP contribution is 2.13. The largest absolute Gasteiger partial charge is 0.377 e. The summed E-state index contributed by atoms with van der Waals surface area (Å²) in [7, 11) is 0. The van der Waals surface area contributed by atoms with Crippen LogP contribution in [0, 0.1) is 0 Å². The minimum atomic E-state index is 0.409. The molecule has 0 aromatic heterocycles. The molecule has 0 saturated carbocycles. The van der Waals surface area contributed by atoms with Crippen molar-refractivity contribution in [3.8, 4) is 0 Å². The summed E-state index contributed by atoms with van der Waals surface area (Å²) < 4.78 is 5.54. The lowest BCUT2D eigenvalue weighted by Gasteiger charge is -2.22. The number of hydrogen-bond donors (Lipinski definition) is 0. The first kappa shape index (κ1) is 10.7. The molecule has 1 aliphatic rings. The molecule has 3 nitrogen and oxygen atoms in total. The van der Waals surface area contributed by atoms with E-state index in [0.29, 0.717) is 12.5 Å². The van der Waals surface area contributed by atoms with Crippen LogP contribution in [0.2, 0.25) is 0 Å². The van der Waals surface area contributed by atoms with Gasteiger partial charge in [0, 0.05) is 26.1 Å². The summed E-state index contributed by atoms with van der Waals surface area (Å²) in [5, 5.41) is 0. The SMILES string of the molecule is CCN(CCC=O)CC1CCCO1.